The minimum absolute atomic E-state index is 0.359. The van der Waals surface area contributed by atoms with Crippen LogP contribution in [0.25, 0.3) is 10.2 Å². The molecule has 5 heteroatoms. The molecule has 0 aliphatic heterocycles. The summed E-state index contributed by atoms with van der Waals surface area (Å²) in [5.74, 6) is 0.618. The molecule has 0 spiro atoms. The fourth-order valence-electron chi connectivity index (χ4n) is 1.32. The molecule has 86 valence electrons. The predicted octanol–water partition coefficient (Wildman–Crippen LogP) is 2.12. The lowest BCUT2D eigenvalue weighted by Gasteiger charge is -2.18. The smallest absolute Gasteiger partial charge is 0.225 e. The molecule has 2 N–H and O–H groups in total. The van der Waals surface area contributed by atoms with Gasteiger partial charge in [0.1, 0.15) is 17.8 Å². The lowest BCUT2D eigenvalue weighted by Crippen LogP contribution is -2.38. The Labute approximate surface area is 98.5 Å². The Morgan fingerprint density at radius 3 is 2.88 bits per heavy atom. The molecular weight excluding hydrogens is 222 g/mol. The maximum atomic E-state index is 5.87. The van der Waals surface area contributed by atoms with E-state index in [0.717, 1.165) is 10.2 Å². The summed E-state index contributed by atoms with van der Waals surface area (Å²) in [6.45, 7) is 6.32. The lowest BCUT2D eigenvalue weighted by molar-refractivity contribution is 0.238. The Morgan fingerprint density at radius 1 is 1.44 bits per heavy atom. The van der Waals surface area contributed by atoms with E-state index in [1.165, 1.54) is 11.2 Å². The number of rotatable bonds is 3. The zero-order valence-electron chi connectivity index (χ0n) is 9.65. The van der Waals surface area contributed by atoms with Crippen LogP contribution in [0, 0.1) is 6.92 Å². The van der Waals surface area contributed by atoms with Crippen molar-refractivity contribution in [2.45, 2.75) is 26.3 Å². The number of nitrogens with zero attached hydrogens (tertiary/aromatic N) is 2. The van der Waals surface area contributed by atoms with E-state index >= 15 is 0 Å². The summed E-state index contributed by atoms with van der Waals surface area (Å²) in [6, 6.07) is 2.04. The minimum atomic E-state index is -0.359. The van der Waals surface area contributed by atoms with Crippen molar-refractivity contribution in [3.8, 4) is 5.88 Å². The first-order chi connectivity index (χ1) is 7.46. The van der Waals surface area contributed by atoms with Gasteiger partial charge in [-0.25, -0.2) is 9.97 Å². The molecule has 4 nitrogen and oxygen atoms in total. The van der Waals surface area contributed by atoms with Crippen LogP contribution < -0.4 is 10.5 Å². The molecular formula is C11H15N3OS. The summed E-state index contributed by atoms with van der Waals surface area (Å²) in [5.41, 5.74) is 5.51. The summed E-state index contributed by atoms with van der Waals surface area (Å²) in [4.78, 5) is 10.5. The second kappa shape index (κ2) is 3.99. The summed E-state index contributed by atoms with van der Waals surface area (Å²) in [5, 5.41) is 0.967. The molecule has 2 heterocycles. The van der Waals surface area contributed by atoms with Crippen LogP contribution in [0.1, 0.15) is 18.7 Å². The molecule has 0 atom stereocenters. The van der Waals surface area contributed by atoms with Crippen molar-refractivity contribution in [1.82, 2.24) is 9.97 Å². The van der Waals surface area contributed by atoms with E-state index in [9.17, 15) is 0 Å². The molecule has 0 saturated carbocycles. The minimum Gasteiger partial charge on any atom is -0.475 e. The van der Waals surface area contributed by atoms with E-state index in [-0.39, 0.29) is 5.54 Å². The molecule has 0 bridgehead atoms. The Morgan fingerprint density at radius 2 is 2.19 bits per heavy atom. The maximum Gasteiger partial charge on any atom is 0.225 e. The molecule has 2 rings (SSSR count). The molecule has 0 amide bonds. The van der Waals surface area contributed by atoms with Crippen LogP contribution >= 0.6 is 11.3 Å². The highest BCUT2D eigenvalue weighted by atomic mass is 32.1. The molecule has 0 aromatic carbocycles. The third-order valence-electron chi connectivity index (χ3n) is 2.00. The Kier molecular flexibility index (Phi) is 2.82. The SMILES string of the molecule is Cc1cc2c(OCC(C)(C)N)ncnc2s1. The van der Waals surface area contributed by atoms with Gasteiger partial charge in [-0.2, -0.15) is 0 Å². The van der Waals surface area contributed by atoms with Crippen molar-refractivity contribution in [1.29, 1.82) is 0 Å². The Bertz CT molecular complexity index is 501. The highest BCUT2D eigenvalue weighted by molar-refractivity contribution is 7.18. The molecule has 2 aromatic heterocycles. The van der Waals surface area contributed by atoms with Gasteiger partial charge in [0.25, 0.3) is 0 Å². The van der Waals surface area contributed by atoms with Crippen LogP contribution in [0.3, 0.4) is 0 Å². The first kappa shape index (κ1) is 11.3. The van der Waals surface area contributed by atoms with Gasteiger partial charge in [0, 0.05) is 10.4 Å². The van der Waals surface area contributed by atoms with Gasteiger partial charge in [0.05, 0.1) is 5.39 Å². The van der Waals surface area contributed by atoms with Gasteiger partial charge >= 0.3 is 0 Å². The predicted molar refractivity (Wildman–Crippen MR) is 65.9 cm³/mol. The third kappa shape index (κ3) is 2.48. The Balaban J connectivity index is 2.30. The standard InChI is InChI=1S/C11H15N3OS/c1-7-4-8-9(15-5-11(2,3)12)13-6-14-10(8)16-7/h4,6H,5,12H2,1-3H3. The number of hydrogen-bond acceptors (Lipinski definition) is 5. The van der Waals surface area contributed by atoms with Crippen LogP contribution in [0.5, 0.6) is 5.88 Å². The van der Waals surface area contributed by atoms with Crippen molar-refractivity contribution < 1.29 is 4.74 Å². The van der Waals surface area contributed by atoms with Gasteiger partial charge in [-0.15, -0.1) is 11.3 Å². The van der Waals surface area contributed by atoms with Crippen LogP contribution in [-0.2, 0) is 0 Å². The largest absolute Gasteiger partial charge is 0.475 e. The summed E-state index contributed by atoms with van der Waals surface area (Å²) >= 11 is 1.64. The van der Waals surface area contributed by atoms with E-state index in [4.69, 9.17) is 10.5 Å². The van der Waals surface area contributed by atoms with Gasteiger partial charge in [-0.05, 0) is 26.8 Å². The van der Waals surface area contributed by atoms with E-state index in [2.05, 4.69) is 9.97 Å². The van der Waals surface area contributed by atoms with Gasteiger partial charge in [-0.1, -0.05) is 0 Å². The summed E-state index contributed by atoms with van der Waals surface area (Å²) in [6.07, 6.45) is 1.52. The molecule has 0 radical (unpaired) electrons. The van der Waals surface area contributed by atoms with Crippen LogP contribution in [0.4, 0.5) is 0 Å². The molecule has 2 aromatic rings. The van der Waals surface area contributed by atoms with Crippen molar-refractivity contribution in [2.24, 2.45) is 5.73 Å². The number of hydrogen-bond donors (Lipinski definition) is 1. The number of fused-ring (bicyclic) bond motifs is 1. The zero-order chi connectivity index (χ0) is 11.8. The van der Waals surface area contributed by atoms with Crippen LogP contribution in [0.2, 0.25) is 0 Å². The monoisotopic (exact) mass is 237 g/mol. The van der Waals surface area contributed by atoms with Gasteiger partial charge < -0.3 is 10.5 Å². The van der Waals surface area contributed by atoms with Crippen molar-refractivity contribution in [2.75, 3.05) is 6.61 Å². The zero-order valence-corrected chi connectivity index (χ0v) is 10.5. The first-order valence-electron chi connectivity index (χ1n) is 5.08. The maximum absolute atomic E-state index is 5.87. The molecule has 0 saturated heterocycles. The summed E-state index contributed by atoms with van der Waals surface area (Å²) < 4.78 is 5.63. The molecule has 0 aliphatic carbocycles. The lowest BCUT2D eigenvalue weighted by atomic mass is 10.1. The van der Waals surface area contributed by atoms with Gasteiger partial charge in [0.15, 0.2) is 0 Å². The quantitative estimate of drug-likeness (QED) is 0.888. The van der Waals surface area contributed by atoms with Crippen LogP contribution in [0.15, 0.2) is 12.4 Å². The van der Waals surface area contributed by atoms with E-state index in [1.807, 2.05) is 26.8 Å². The fourth-order valence-corrected chi connectivity index (χ4v) is 2.16. The molecule has 0 unspecified atom stereocenters. The van der Waals surface area contributed by atoms with Crippen molar-refractivity contribution in [3.63, 3.8) is 0 Å². The number of thiophene rings is 1. The topological polar surface area (TPSA) is 61.0 Å². The van der Waals surface area contributed by atoms with Gasteiger partial charge in [0.2, 0.25) is 5.88 Å². The number of nitrogens with two attached hydrogens (primary N) is 1. The highest BCUT2D eigenvalue weighted by Gasteiger charge is 2.14. The Hall–Kier alpha value is -1.20. The normalized spacial score (nSPS) is 12.0. The molecule has 0 aliphatic rings. The average molecular weight is 237 g/mol. The van der Waals surface area contributed by atoms with E-state index in [0.29, 0.717) is 12.5 Å². The van der Waals surface area contributed by atoms with E-state index in [1.54, 1.807) is 11.3 Å². The van der Waals surface area contributed by atoms with Crippen molar-refractivity contribution in [3.05, 3.63) is 17.3 Å². The third-order valence-corrected chi connectivity index (χ3v) is 2.96. The average Bonchev–Trinajstić information content (AvgIpc) is 2.54. The fraction of sp³-hybridized carbons (Fsp3) is 0.455. The second-order valence-corrected chi connectivity index (χ2v) is 5.77. The number of aryl methyl sites for hydroxylation is 1. The molecule has 0 fully saturated rings. The summed E-state index contributed by atoms with van der Waals surface area (Å²) in [7, 11) is 0. The van der Waals surface area contributed by atoms with Gasteiger partial charge in [-0.3, -0.25) is 0 Å². The molecule has 16 heavy (non-hydrogen) atoms. The number of ether oxygens (including phenoxy) is 1. The highest BCUT2D eigenvalue weighted by Crippen LogP contribution is 2.28. The van der Waals surface area contributed by atoms with Crippen LogP contribution in [-0.4, -0.2) is 22.1 Å². The van der Waals surface area contributed by atoms with E-state index < -0.39 is 0 Å². The second-order valence-electron chi connectivity index (χ2n) is 4.53. The first-order valence-corrected chi connectivity index (χ1v) is 5.90. The number of aromatic nitrogens is 2. The van der Waals surface area contributed by atoms with Crippen molar-refractivity contribution >= 4 is 21.6 Å².